The Morgan fingerprint density at radius 1 is 0.457 bits per heavy atom. The molecule has 4 aliphatic carbocycles. The Morgan fingerprint density at radius 3 is 1.74 bits per heavy atom. The Kier molecular flexibility index (Phi) is 10.3. The summed E-state index contributed by atoms with van der Waals surface area (Å²) in [6.07, 6.45) is 17.6. The van der Waals surface area contributed by atoms with Gasteiger partial charge in [-0.2, -0.15) is 0 Å². The van der Waals surface area contributed by atoms with Crippen molar-refractivity contribution in [2.75, 3.05) is 4.90 Å². The van der Waals surface area contributed by atoms with E-state index < -0.39 is 5.41 Å². The summed E-state index contributed by atoms with van der Waals surface area (Å²) in [6.45, 7) is 0. The van der Waals surface area contributed by atoms with E-state index in [-0.39, 0.29) is 11.8 Å². The van der Waals surface area contributed by atoms with Crippen LogP contribution in [-0.2, 0) is 5.41 Å². The van der Waals surface area contributed by atoms with Crippen LogP contribution >= 0.6 is 0 Å². The molecule has 4 aliphatic rings. The Bertz CT molecular complexity index is 3550. The Hall–Kier alpha value is -8.70. The average molecular weight is 892 g/mol. The molecule has 0 aliphatic heterocycles. The van der Waals surface area contributed by atoms with Crippen LogP contribution in [0.1, 0.15) is 46.6 Å². The first kappa shape index (κ1) is 41.5. The van der Waals surface area contributed by atoms with Crippen LogP contribution in [0, 0.1) is 17.8 Å². The highest BCUT2D eigenvalue weighted by molar-refractivity contribution is 6.01. The van der Waals surface area contributed by atoms with E-state index in [2.05, 4.69) is 278 Å². The summed E-state index contributed by atoms with van der Waals surface area (Å²) in [4.78, 5) is 2.49. The molecular weight excluding hydrogens is 843 g/mol. The maximum atomic E-state index is 3.83. The third kappa shape index (κ3) is 6.79. The van der Waals surface area contributed by atoms with Crippen LogP contribution in [0.3, 0.4) is 0 Å². The molecule has 3 unspecified atom stereocenters. The molecule has 0 N–H and O–H groups in total. The number of fused-ring (bicyclic) bond motifs is 6. The second kappa shape index (κ2) is 17.4. The summed E-state index contributed by atoms with van der Waals surface area (Å²) in [5.74, 6) is 7.70. The van der Waals surface area contributed by atoms with Gasteiger partial charge >= 0.3 is 0 Å². The standard InChI is InChI=1S/C69H49N/c1-2-14-28-54(27-13-1)69(55-29-15-6-16-30-55)64-34-20-19-33-62(64)67-65(46-45-58(68(67)69)53-39-44-61-63(47-53)59-31-17-18-32-60(59)66(61)52-25-11-5-12-26-52)70(56-40-35-50(36-41-56)48-21-7-3-8-22-48)57-42-37-51(38-43-57)49-23-9-4-10-24-49/h1,3-13,15-27,29,31-47,55,66H,2,30H2. The molecule has 0 heterocycles. The van der Waals surface area contributed by atoms with Gasteiger partial charge in [-0.15, -0.1) is 0 Å². The first-order valence-corrected chi connectivity index (χ1v) is 24.6. The topological polar surface area (TPSA) is 3.24 Å². The van der Waals surface area contributed by atoms with E-state index >= 15 is 0 Å². The first-order valence-electron chi connectivity index (χ1n) is 24.6. The lowest BCUT2D eigenvalue weighted by Crippen LogP contribution is -2.36. The molecule has 0 saturated heterocycles. The van der Waals surface area contributed by atoms with Crippen LogP contribution in [0.25, 0.3) is 55.6 Å². The Balaban J connectivity index is 1.10. The minimum atomic E-state index is -0.607. The fourth-order valence-corrected chi connectivity index (χ4v) is 12.0. The summed E-state index contributed by atoms with van der Waals surface area (Å²) >= 11 is 0. The minimum Gasteiger partial charge on any atom is -0.310 e. The van der Waals surface area contributed by atoms with Crippen molar-refractivity contribution >= 4 is 17.1 Å². The highest BCUT2D eigenvalue weighted by Gasteiger charge is 2.52. The maximum Gasteiger partial charge on any atom is 0.0615 e. The summed E-state index contributed by atoms with van der Waals surface area (Å²) in [6, 6.07) is 81.0. The SMILES string of the molecule is C1#CC(C2(C3C=CC=CC3)c3ccccc3-c3c(N(c4ccc(-c5ccccc5)cc4)c4ccc(-c5ccccc5)cc4)ccc(-c4ccc5c(c4)-c4ccccc4C5c4ccccc4)c32)=CC=CC1. The summed E-state index contributed by atoms with van der Waals surface area (Å²) in [7, 11) is 0. The summed E-state index contributed by atoms with van der Waals surface area (Å²) in [5.41, 5.74) is 22.8. The molecule has 0 radical (unpaired) electrons. The first-order chi connectivity index (χ1) is 34.8. The molecule has 13 rings (SSSR count). The van der Waals surface area contributed by atoms with E-state index in [0.29, 0.717) is 0 Å². The van der Waals surface area contributed by atoms with E-state index in [1.165, 1.54) is 83.5 Å². The van der Waals surface area contributed by atoms with Crippen molar-refractivity contribution in [3.05, 3.63) is 294 Å². The predicted octanol–water partition coefficient (Wildman–Crippen LogP) is 17.6. The molecule has 70 heavy (non-hydrogen) atoms. The summed E-state index contributed by atoms with van der Waals surface area (Å²) < 4.78 is 0. The van der Waals surface area contributed by atoms with Crippen molar-refractivity contribution in [2.24, 2.45) is 5.92 Å². The highest BCUT2D eigenvalue weighted by atomic mass is 15.1. The van der Waals surface area contributed by atoms with Crippen LogP contribution in [0.15, 0.2) is 266 Å². The van der Waals surface area contributed by atoms with Crippen molar-refractivity contribution in [3.63, 3.8) is 0 Å². The van der Waals surface area contributed by atoms with Crippen LogP contribution in [0.5, 0.6) is 0 Å². The van der Waals surface area contributed by atoms with Gasteiger partial charge in [-0.1, -0.05) is 230 Å². The van der Waals surface area contributed by atoms with Gasteiger partial charge in [0.1, 0.15) is 0 Å². The van der Waals surface area contributed by atoms with E-state index in [1.54, 1.807) is 0 Å². The van der Waals surface area contributed by atoms with Gasteiger partial charge in [0.15, 0.2) is 0 Å². The zero-order valence-corrected chi connectivity index (χ0v) is 38.8. The van der Waals surface area contributed by atoms with Gasteiger partial charge in [-0.05, 0) is 133 Å². The molecule has 1 heteroatoms. The van der Waals surface area contributed by atoms with Crippen molar-refractivity contribution in [3.8, 4) is 67.5 Å². The normalized spacial score (nSPS) is 17.9. The second-order valence-corrected chi connectivity index (χ2v) is 18.8. The smallest absolute Gasteiger partial charge is 0.0615 e. The minimum absolute atomic E-state index is 0.0994. The maximum absolute atomic E-state index is 3.83. The van der Waals surface area contributed by atoms with Crippen LogP contribution in [-0.4, -0.2) is 0 Å². The molecule has 0 fully saturated rings. The lowest BCUT2D eigenvalue weighted by Gasteiger charge is -2.41. The molecule has 0 bridgehead atoms. The van der Waals surface area contributed by atoms with Crippen molar-refractivity contribution in [1.82, 2.24) is 0 Å². The van der Waals surface area contributed by atoms with Gasteiger partial charge in [0.25, 0.3) is 0 Å². The number of hydrogen-bond acceptors (Lipinski definition) is 1. The Morgan fingerprint density at radius 2 is 1.06 bits per heavy atom. The number of hydrogen-bond donors (Lipinski definition) is 0. The molecule has 9 aromatic rings. The molecular formula is C69H49N. The molecule has 0 saturated carbocycles. The van der Waals surface area contributed by atoms with Crippen LogP contribution in [0.4, 0.5) is 17.1 Å². The van der Waals surface area contributed by atoms with Crippen LogP contribution in [0.2, 0.25) is 0 Å². The Labute approximate surface area is 411 Å². The van der Waals surface area contributed by atoms with Crippen molar-refractivity contribution in [1.29, 1.82) is 0 Å². The third-order valence-electron chi connectivity index (χ3n) is 15.1. The number of allylic oxidation sites excluding steroid dienone is 8. The zero-order chi connectivity index (χ0) is 46.4. The van der Waals surface area contributed by atoms with E-state index in [4.69, 9.17) is 0 Å². The third-order valence-corrected chi connectivity index (χ3v) is 15.1. The molecule has 1 nitrogen and oxygen atoms in total. The highest BCUT2D eigenvalue weighted by Crippen LogP contribution is 2.64. The van der Waals surface area contributed by atoms with Gasteiger partial charge in [-0.25, -0.2) is 0 Å². The van der Waals surface area contributed by atoms with Gasteiger partial charge in [0.2, 0.25) is 0 Å². The average Bonchev–Trinajstić information content (AvgIpc) is 3.78. The summed E-state index contributed by atoms with van der Waals surface area (Å²) in [5, 5.41) is 0. The molecule has 330 valence electrons. The predicted molar refractivity (Wildman–Crippen MR) is 292 cm³/mol. The zero-order valence-electron chi connectivity index (χ0n) is 38.8. The quantitative estimate of drug-likeness (QED) is 0.131. The van der Waals surface area contributed by atoms with E-state index in [1.807, 2.05) is 0 Å². The number of rotatable bonds is 9. The van der Waals surface area contributed by atoms with Gasteiger partial charge < -0.3 is 4.90 Å². The van der Waals surface area contributed by atoms with Gasteiger partial charge in [-0.3, -0.25) is 0 Å². The van der Waals surface area contributed by atoms with Gasteiger partial charge in [0, 0.05) is 34.9 Å². The number of anilines is 3. The monoisotopic (exact) mass is 891 g/mol. The molecule has 0 aromatic heterocycles. The van der Waals surface area contributed by atoms with Crippen LogP contribution < -0.4 is 4.90 Å². The van der Waals surface area contributed by atoms with E-state index in [0.717, 1.165) is 35.5 Å². The lowest BCUT2D eigenvalue weighted by atomic mass is 9.60. The molecule has 9 aromatic carbocycles. The molecule has 0 amide bonds. The van der Waals surface area contributed by atoms with Crippen molar-refractivity contribution in [2.45, 2.75) is 24.2 Å². The van der Waals surface area contributed by atoms with Gasteiger partial charge in [0.05, 0.1) is 11.1 Å². The largest absolute Gasteiger partial charge is 0.310 e. The fraction of sp³-hybridized carbons (Fsp3) is 0.0725. The van der Waals surface area contributed by atoms with E-state index in [9.17, 15) is 0 Å². The molecule has 0 spiro atoms. The van der Waals surface area contributed by atoms with Crippen molar-refractivity contribution < 1.29 is 0 Å². The molecule has 3 atom stereocenters. The number of benzene rings is 9. The number of nitrogens with zero attached hydrogens (tertiary/aromatic N) is 1. The lowest BCUT2D eigenvalue weighted by molar-refractivity contribution is 0.460. The fourth-order valence-electron chi connectivity index (χ4n) is 12.0. The second-order valence-electron chi connectivity index (χ2n) is 18.8.